The largest absolute Gasteiger partial charge is 0.332 e. The number of benzene rings is 1. The second-order valence-electron chi connectivity index (χ2n) is 3.17. The van der Waals surface area contributed by atoms with Gasteiger partial charge in [-0.3, -0.25) is 0 Å². The molecule has 0 saturated carbocycles. The highest BCUT2D eigenvalue weighted by Gasteiger charge is 2.21. The minimum atomic E-state index is 0.733. The van der Waals surface area contributed by atoms with Gasteiger partial charge in [-0.25, -0.2) is 0 Å². The summed E-state index contributed by atoms with van der Waals surface area (Å²) in [5.74, 6) is 0. The smallest absolute Gasteiger partial charge is 0.177 e. The third-order valence-electron chi connectivity index (χ3n) is 2.37. The van der Waals surface area contributed by atoms with E-state index in [0.717, 1.165) is 28.6 Å². The van der Waals surface area contributed by atoms with Crippen molar-refractivity contribution in [2.24, 2.45) is 0 Å². The number of hydrogen-bond donors (Lipinski definition) is 1. The zero-order chi connectivity index (χ0) is 10.1. The molecule has 72 valence electrons. The molecule has 1 aromatic carbocycles. The second kappa shape index (κ2) is 3.42. The molecular weight excluding hydrogens is 192 g/mol. The zero-order valence-electron chi connectivity index (χ0n) is 8.08. The first kappa shape index (κ1) is 9.21. The molecule has 0 fully saturated rings. The van der Waals surface area contributed by atoms with Gasteiger partial charge in [0.2, 0.25) is 0 Å². The number of rotatable bonds is 1. The van der Waals surface area contributed by atoms with E-state index in [9.17, 15) is 0 Å². The van der Waals surface area contributed by atoms with E-state index in [4.69, 9.17) is 12.2 Å². The Morgan fingerprint density at radius 1 is 1.43 bits per heavy atom. The normalized spacial score (nSPS) is 15.1. The molecule has 1 aliphatic heterocycles. The van der Waals surface area contributed by atoms with Gasteiger partial charge in [0, 0.05) is 23.5 Å². The lowest BCUT2D eigenvalue weighted by atomic mass is 10.1. The molecule has 0 bridgehead atoms. The van der Waals surface area contributed by atoms with Crippen LogP contribution in [0, 0.1) is 0 Å². The number of thiocarbonyl (C=S) groups is 1. The van der Waals surface area contributed by atoms with Crippen LogP contribution in [0.3, 0.4) is 0 Å². The molecule has 14 heavy (non-hydrogen) atoms. The molecular formula is C11H12N2S. The molecule has 1 N–H and O–H groups in total. The van der Waals surface area contributed by atoms with Gasteiger partial charge in [0.15, 0.2) is 5.11 Å². The predicted molar refractivity (Wildman–Crippen MR) is 64.1 cm³/mol. The van der Waals surface area contributed by atoms with E-state index in [1.165, 1.54) is 0 Å². The molecule has 1 aliphatic rings. The first-order chi connectivity index (χ1) is 6.74. The lowest BCUT2D eigenvalue weighted by molar-refractivity contribution is 0.621. The average Bonchev–Trinajstić information content (AvgIpc) is 2.18. The van der Waals surface area contributed by atoms with Crippen LogP contribution in [0.4, 0.5) is 5.69 Å². The van der Waals surface area contributed by atoms with Crippen LogP contribution in [0.25, 0.3) is 5.70 Å². The summed E-state index contributed by atoms with van der Waals surface area (Å²) in [5.41, 5.74) is 3.15. The van der Waals surface area contributed by atoms with Crippen LogP contribution in [-0.4, -0.2) is 16.6 Å². The maximum Gasteiger partial charge on any atom is 0.177 e. The minimum absolute atomic E-state index is 0.733. The molecule has 0 aromatic heterocycles. The van der Waals surface area contributed by atoms with Gasteiger partial charge in [-0.15, -0.1) is 0 Å². The van der Waals surface area contributed by atoms with Crippen LogP contribution in [0.15, 0.2) is 30.8 Å². The first-order valence-corrected chi connectivity index (χ1v) is 5.01. The first-order valence-electron chi connectivity index (χ1n) is 4.61. The van der Waals surface area contributed by atoms with Gasteiger partial charge < -0.3 is 10.2 Å². The van der Waals surface area contributed by atoms with Gasteiger partial charge >= 0.3 is 0 Å². The lowest BCUT2D eigenvalue weighted by Gasteiger charge is -2.32. The van der Waals surface area contributed by atoms with Crippen molar-refractivity contribution < 1.29 is 0 Å². The summed E-state index contributed by atoms with van der Waals surface area (Å²) in [4.78, 5) is 2.00. The monoisotopic (exact) mass is 204 g/mol. The quantitative estimate of drug-likeness (QED) is 0.708. The van der Waals surface area contributed by atoms with Crippen molar-refractivity contribution in [3.8, 4) is 0 Å². The molecule has 3 heteroatoms. The summed E-state index contributed by atoms with van der Waals surface area (Å²) >= 11 is 5.23. The summed E-state index contributed by atoms with van der Waals surface area (Å²) in [6.45, 7) is 6.97. The number of fused-ring (bicyclic) bond motifs is 1. The van der Waals surface area contributed by atoms with Gasteiger partial charge in [-0.05, 0) is 25.2 Å². The van der Waals surface area contributed by atoms with Gasteiger partial charge in [0.05, 0.1) is 0 Å². The summed E-state index contributed by atoms with van der Waals surface area (Å²) in [5, 5.41) is 3.92. The Balaban J connectivity index is 2.49. The molecule has 2 rings (SSSR count). The third kappa shape index (κ3) is 1.30. The van der Waals surface area contributed by atoms with E-state index in [2.05, 4.69) is 24.9 Å². The molecule has 0 amide bonds. The van der Waals surface area contributed by atoms with Gasteiger partial charge in [0.1, 0.15) is 0 Å². The molecule has 0 unspecified atom stereocenters. The van der Waals surface area contributed by atoms with E-state index >= 15 is 0 Å². The zero-order valence-corrected chi connectivity index (χ0v) is 8.90. The van der Waals surface area contributed by atoms with Gasteiger partial charge in [-0.2, -0.15) is 0 Å². The second-order valence-corrected chi connectivity index (χ2v) is 3.55. The van der Waals surface area contributed by atoms with Crippen molar-refractivity contribution in [1.29, 1.82) is 0 Å². The Kier molecular flexibility index (Phi) is 2.25. The van der Waals surface area contributed by atoms with E-state index < -0.39 is 0 Å². The van der Waals surface area contributed by atoms with Crippen LogP contribution in [0.5, 0.6) is 0 Å². The highest BCUT2D eigenvalue weighted by Crippen LogP contribution is 2.30. The van der Waals surface area contributed by atoms with Crippen LogP contribution in [-0.2, 0) is 0 Å². The highest BCUT2D eigenvalue weighted by molar-refractivity contribution is 7.80. The molecule has 0 atom stereocenters. The number of anilines is 1. The van der Waals surface area contributed by atoms with Gasteiger partial charge in [-0.1, -0.05) is 24.8 Å². The molecule has 0 radical (unpaired) electrons. The fraction of sp³-hybridized carbons (Fsp3) is 0.182. The summed E-state index contributed by atoms with van der Waals surface area (Å²) in [7, 11) is 0. The van der Waals surface area contributed by atoms with E-state index in [1.54, 1.807) is 0 Å². The number of para-hydroxylation sites is 1. The maximum atomic E-state index is 5.23. The highest BCUT2D eigenvalue weighted by atomic mass is 32.1. The molecule has 0 aliphatic carbocycles. The topological polar surface area (TPSA) is 15.3 Å². The van der Waals surface area contributed by atoms with Crippen LogP contribution in [0.2, 0.25) is 0 Å². The van der Waals surface area contributed by atoms with E-state index in [0.29, 0.717) is 0 Å². The summed E-state index contributed by atoms with van der Waals surface area (Å²) in [6.07, 6.45) is 0. The Bertz CT molecular complexity index is 398. The van der Waals surface area contributed by atoms with Crippen molar-refractivity contribution in [2.45, 2.75) is 6.92 Å². The minimum Gasteiger partial charge on any atom is -0.332 e. The summed E-state index contributed by atoms with van der Waals surface area (Å²) < 4.78 is 0. The lowest BCUT2D eigenvalue weighted by Crippen LogP contribution is -2.36. The molecule has 1 heterocycles. The Labute approximate surface area is 89.2 Å². The van der Waals surface area contributed by atoms with Crippen molar-refractivity contribution in [2.75, 3.05) is 11.9 Å². The Morgan fingerprint density at radius 3 is 2.86 bits per heavy atom. The van der Waals surface area contributed by atoms with Crippen molar-refractivity contribution >= 4 is 28.7 Å². The van der Waals surface area contributed by atoms with Crippen molar-refractivity contribution in [3.05, 3.63) is 36.4 Å². The Morgan fingerprint density at radius 2 is 2.14 bits per heavy atom. The van der Waals surface area contributed by atoms with Crippen molar-refractivity contribution in [3.63, 3.8) is 0 Å². The standard InChI is InChI=1S/C11H12N2S/c1-3-13-8(2)9-6-4-5-7-10(9)12-11(13)14/h4-7H,2-3H2,1H3,(H,12,14). The summed E-state index contributed by atoms with van der Waals surface area (Å²) in [6, 6.07) is 8.06. The molecule has 0 spiro atoms. The average molecular weight is 204 g/mol. The maximum absolute atomic E-state index is 5.23. The van der Waals surface area contributed by atoms with Crippen LogP contribution in [0.1, 0.15) is 12.5 Å². The molecule has 0 saturated heterocycles. The van der Waals surface area contributed by atoms with Crippen molar-refractivity contribution in [1.82, 2.24) is 4.90 Å². The number of hydrogen-bond acceptors (Lipinski definition) is 1. The fourth-order valence-corrected chi connectivity index (χ4v) is 1.98. The SMILES string of the molecule is C=C1c2ccccc2NC(=S)N1CC. The number of nitrogens with one attached hydrogen (secondary N) is 1. The van der Waals surface area contributed by atoms with E-state index in [1.807, 2.05) is 23.1 Å². The van der Waals surface area contributed by atoms with E-state index in [-0.39, 0.29) is 0 Å². The number of nitrogens with zero attached hydrogens (tertiary/aromatic N) is 1. The Hall–Kier alpha value is -1.35. The molecule has 1 aromatic rings. The fourth-order valence-electron chi connectivity index (χ4n) is 1.63. The third-order valence-corrected chi connectivity index (χ3v) is 2.69. The van der Waals surface area contributed by atoms with Gasteiger partial charge in [0.25, 0.3) is 0 Å². The molecule has 2 nitrogen and oxygen atoms in total. The predicted octanol–water partition coefficient (Wildman–Crippen LogP) is 2.69. The van der Waals surface area contributed by atoms with Crippen LogP contribution < -0.4 is 5.32 Å². The van der Waals surface area contributed by atoms with Crippen LogP contribution >= 0.6 is 12.2 Å².